The molecule has 0 aliphatic heterocycles. The predicted octanol–water partition coefficient (Wildman–Crippen LogP) is 23.9. The Labute approximate surface area is 521 Å². The molecule has 0 saturated carbocycles. The summed E-state index contributed by atoms with van der Waals surface area (Å²) in [6.07, 6.45) is 3.84. The Hall–Kier alpha value is -10.3. The maximum Gasteiger partial charge on any atom is 0.143 e. The Balaban J connectivity index is 0.000000132. The molecule has 19 aromatic rings. The molecule has 6 aromatic heterocycles. The molecule has 0 bridgehead atoms. The monoisotopic (exact) mass is 1190 g/mol. The molecule has 6 heterocycles. The number of benzene rings is 13. The van der Waals surface area contributed by atoms with Gasteiger partial charge in [-0.2, -0.15) is 0 Å². The summed E-state index contributed by atoms with van der Waals surface area (Å²) in [7, 11) is 0. The molecule has 4 nitrogen and oxygen atoms in total. The van der Waals surface area contributed by atoms with E-state index in [-0.39, 0.29) is 0 Å². The van der Waals surface area contributed by atoms with Crippen LogP contribution >= 0.6 is 45.3 Å². The molecule has 0 aliphatic rings. The summed E-state index contributed by atoms with van der Waals surface area (Å²) in [5.41, 5.74) is 15.7. The molecule has 0 unspecified atom stereocenters. The summed E-state index contributed by atoms with van der Waals surface area (Å²) in [6, 6.07) is 96.5. The van der Waals surface area contributed by atoms with Crippen molar-refractivity contribution in [3.8, 4) is 67.0 Å². The van der Waals surface area contributed by atoms with Crippen LogP contribution in [0.25, 0.3) is 181 Å². The minimum absolute atomic E-state index is 0.900. The molecule has 0 N–H and O–H groups in total. The van der Waals surface area contributed by atoms with Crippen LogP contribution in [0.2, 0.25) is 0 Å². The van der Waals surface area contributed by atoms with Crippen molar-refractivity contribution in [1.82, 2.24) is 19.9 Å². The van der Waals surface area contributed by atoms with Crippen LogP contribution in [0.1, 0.15) is 0 Å². The molecule has 0 spiro atoms. The van der Waals surface area contributed by atoms with Crippen molar-refractivity contribution in [3.05, 3.63) is 279 Å². The third-order valence-electron chi connectivity index (χ3n) is 17.3. The lowest BCUT2D eigenvalue weighted by Crippen LogP contribution is -1.89. The molecule has 0 saturated heterocycles. The van der Waals surface area contributed by atoms with E-state index in [9.17, 15) is 0 Å². The van der Waals surface area contributed by atoms with Crippen molar-refractivity contribution in [2.45, 2.75) is 0 Å². The van der Waals surface area contributed by atoms with Gasteiger partial charge in [-0.15, -0.1) is 45.3 Å². The molecule has 13 aromatic carbocycles. The molecule has 0 atom stereocenters. The van der Waals surface area contributed by atoms with Gasteiger partial charge in [-0.05, 0) is 137 Å². The van der Waals surface area contributed by atoms with Crippen LogP contribution in [0.15, 0.2) is 279 Å². The van der Waals surface area contributed by atoms with Crippen molar-refractivity contribution in [2.75, 3.05) is 0 Å². The molecule has 88 heavy (non-hydrogen) atoms. The van der Waals surface area contributed by atoms with E-state index in [0.29, 0.717) is 0 Å². The largest absolute Gasteiger partial charge is 0.243 e. The topological polar surface area (TPSA) is 51.6 Å². The SMILES string of the molecule is c1cc(-c2ccc3sc4ncc(-c5cc6ccccc6c6ccccc56)nc4c3c2)cc(-c2cccc3c2sc2ccccc23)c1.c1cc(-c2ccc3sc4ncc(-c5ccc6ccccc6c5)nc4c3c2)cc(-c2cccc3c2sc2ccccc23)c1. The van der Waals surface area contributed by atoms with Crippen molar-refractivity contribution < 1.29 is 0 Å². The van der Waals surface area contributed by atoms with Crippen LogP contribution in [0.3, 0.4) is 0 Å². The van der Waals surface area contributed by atoms with Crippen molar-refractivity contribution in [1.29, 1.82) is 0 Å². The average Bonchev–Trinajstić information content (AvgIpc) is 2.01. The maximum absolute atomic E-state index is 5.29. The van der Waals surface area contributed by atoms with Gasteiger partial charge in [0.05, 0.1) is 23.8 Å². The van der Waals surface area contributed by atoms with Crippen LogP contribution < -0.4 is 0 Å². The average molecular weight is 1190 g/mol. The quantitative estimate of drug-likeness (QED) is 0.156. The second kappa shape index (κ2) is 20.7. The number of hydrogen-bond donors (Lipinski definition) is 0. The zero-order chi connectivity index (χ0) is 57.8. The Bertz CT molecular complexity index is 6050. The van der Waals surface area contributed by atoms with Gasteiger partial charge in [-0.1, -0.05) is 206 Å². The molecule has 0 aliphatic carbocycles. The van der Waals surface area contributed by atoms with E-state index in [1.54, 1.807) is 22.7 Å². The standard InChI is InChI=1S/C42H24N2S2.C38H22N2S2/c1-2-12-29-28(9-1)23-35(32-14-4-3-13-31(29)32)37-24-43-42-40(44-37)36-22-26(19-20-39(36)46-42)25-10-7-11-27(21-25)30-16-8-17-34-33-15-5-6-18-38(33)45-41(30)34;1-2-8-24-20-28(16-15-23(24)7-1)33-22-39-38-36(40-33)32-21-26(17-18-35(32)42-38)25-9-5-10-27(19-25)29-12-6-13-31-30-11-3-4-14-34(30)41-37(29)31/h1-24H;1-22H. The third kappa shape index (κ3) is 8.59. The number of rotatable bonds is 6. The lowest BCUT2D eigenvalue weighted by Gasteiger charge is -2.10. The molecular formula is C80H46N4S4. The zero-order valence-electron chi connectivity index (χ0n) is 47.0. The van der Waals surface area contributed by atoms with Gasteiger partial charge in [0, 0.05) is 71.6 Å². The summed E-state index contributed by atoms with van der Waals surface area (Å²) in [4.78, 5) is 22.1. The highest BCUT2D eigenvalue weighted by Gasteiger charge is 2.18. The van der Waals surface area contributed by atoms with Crippen molar-refractivity contribution in [2.24, 2.45) is 0 Å². The molecule has 410 valence electrons. The fourth-order valence-electron chi connectivity index (χ4n) is 13.0. The van der Waals surface area contributed by atoms with Crippen molar-refractivity contribution in [3.63, 3.8) is 0 Å². The van der Waals surface area contributed by atoms with Crippen LogP contribution in [0.5, 0.6) is 0 Å². The van der Waals surface area contributed by atoms with Gasteiger partial charge >= 0.3 is 0 Å². The molecule has 8 heteroatoms. The summed E-state index contributed by atoms with van der Waals surface area (Å²) < 4.78 is 7.74. The number of fused-ring (bicyclic) bond motifs is 16. The van der Waals surface area contributed by atoms with Crippen molar-refractivity contribution >= 4 is 159 Å². The molecular weight excluding hydrogens is 1150 g/mol. The smallest absolute Gasteiger partial charge is 0.143 e. The molecule has 0 radical (unpaired) electrons. The molecule has 19 rings (SSSR count). The number of aromatic nitrogens is 4. The minimum atomic E-state index is 0.900. The second-order valence-electron chi connectivity index (χ2n) is 22.4. The Morgan fingerprint density at radius 1 is 0.227 bits per heavy atom. The molecule has 0 amide bonds. The van der Waals surface area contributed by atoms with E-state index in [1.807, 2.05) is 35.1 Å². The van der Waals surface area contributed by atoms with E-state index in [4.69, 9.17) is 19.9 Å². The Kier molecular flexibility index (Phi) is 12.0. The number of thiophene rings is 4. The van der Waals surface area contributed by atoms with Gasteiger partial charge in [0.25, 0.3) is 0 Å². The first-order chi connectivity index (χ1) is 43.6. The van der Waals surface area contributed by atoms with Gasteiger partial charge in [0.2, 0.25) is 0 Å². The van der Waals surface area contributed by atoms with Crippen LogP contribution in [0.4, 0.5) is 0 Å². The van der Waals surface area contributed by atoms with E-state index >= 15 is 0 Å². The van der Waals surface area contributed by atoms with Crippen LogP contribution in [-0.2, 0) is 0 Å². The highest BCUT2D eigenvalue weighted by atomic mass is 32.1. The first-order valence-corrected chi connectivity index (χ1v) is 32.6. The summed E-state index contributed by atoms with van der Waals surface area (Å²) in [5.74, 6) is 0. The maximum atomic E-state index is 5.29. The number of nitrogens with zero attached hydrogens (tertiary/aromatic N) is 4. The summed E-state index contributed by atoms with van der Waals surface area (Å²) in [5, 5.41) is 14.9. The summed E-state index contributed by atoms with van der Waals surface area (Å²) >= 11 is 7.16. The Morgan fingerprint density at radius 2 is 0.670 bits per heavy atom. The number of hydrogen-bond acceptors (Lipinski definition) is 8. The van der Waals surface area contributed by atoms with E-state index < -0.39 is 0 Å². The van der Waals surface area contributed by atoms with E-state index in [2.05, 4.69) is 267 Å². The van der Waals surface area contributed by atoms with E-state index in [0.717, 1.165) is 54.0 Å². The lowest BCUT2D eigenvalue weighted by molar-refractivity contribution is 1.32. The summed E-state index contributed by atoms with van der Waals surface area (Å²) in [6.45, 7) is 0. The highest BCUT2D eigenvalue weighted by Crippen LogP contribution is 2.45. The Morgan fingerprint density at radius 3 is 1.28 bits per heavy atom. The first-order valence-electron chi connectivity index (χ1n) is 29.4. The highest BCUT2D eigenvalue weighted by molar-refractivity contribution is 7.27. The van der Waals surface area contributed by atoms with Crippen LogP contribution in [0, 0.1) is 0 Å². The van der Waals surface area contributed by atoms with Gasteiger partial charge in [-0.3, -0.25) is 0 Å². The molecule has 0 fully saturated rings. The fourth-order valence-corrected chi connectivity index (χ4v) is 17.4. The van der Waals surface area contributed by atoms with Gasteiger partial charge in [0.1, 0.15) is 20.7 Å². The first kappa shape index (κ1) is 51.0. The third-order valence-corrected chi connectivity index (χ3v) is 21.8. The van der Waals surface area contributed by atoms with Gasteiger partial charge in [0.15, 0.2) is 0 Å². The van der Waals surface area contributed by atoms with Gasteiger partial charge in [-0.25, -0.2) is 19.9 Å². The minimum Gasteiger partial charge on any atom is -0.243 e. The predicted molar refractivity (Wildman–Crippen MR) is 381 cm³/mol. The van der Waals surface area contributed by atoms with E-state index in [1.165, 1.54) is 127 Å². The fraction of sp³-hybridized carbons (Fsp3) is 0. The zero-order valence-corrected chi connectivity index (χ0v) is 50.2. The second-order valence-corrected chi connectivity index (χ2v) is 26.6. The normalized spacial score (nSPS) is 11.9. The lowest BCUT2D eigenvalue weighted by atomic mass is 9.96. The van der Waals surface area contributed by atoms with Crippen LogP contribution in [-0.4, -0.2) is 19.9 Å². The van der Waals surface area contributed by atoms with Gasteiger partial charge < -0.3 is 0 Å².